The van der Waals surface area contributed by atoms with Crippen molar-refractivity contribution in [2.45, 2.75) is 20.8 Å². The lowest BCUT2D eigenvalue weighted by atomic mass is 10.1. The first kappa shape index (κ1) is 20.5. The third-order valence-corrected chi connectivity index (χ3v) is 4.33. The molecule has 2 N–H and O–H groups in total. The molecular formula is C21H27N3O3. The van der Waals surface area contributed by atoms with Gasteiger partial charge < -0.3 is 15.4 Å². The standard InChI is InChI=1S/C21H27N3O3/c1-5-24(13-20(25)22-17-7-6-8-19(12-17)27-4)14-21(26)23-18-10-9-15(2)16(3)11-18/h6-12H,5,13-14H2,1-4H3,(H,22,25)(H,23,26). The number of ether oxygens (including phenoxy) is 1. The number of hydrogen-bond acceptors (Lipinski definition) is 4. The molecule has 0 aliphatic carbocycles. The molecule has 0 radical (unpaired) electrons. The first-order valence-corrected chi connectivity index (χ1v) is 8.94. The van der Waals surface area contributed by atoms with Crippen LogP contribution < -0.4 is 15.4 Å². The zero-order valence-electron chi connectivity index (χ0n) is 16.3. The van der Waals surface area contributed by atoms with Crippen LogP contribution in [0.3, 0.4) is 0 Å². The lowest BCUT2D eigenvalue weighted by molar-refractivity contribution is -0.119. The first-order valence-electron chi connectivity index (χ1n) is 8.94. The predicted molar refractivity (Wildman–Crippen MR) is 108 cm³/mol. The summed E-state index contributed by atoms with van der Waals surface area (Å²) in [4.78, 5) is 26.4. The number of nitrogens with zero attached hydrogens (tertiary/aromatic N) is 1. The van der Waals surface area contributed by atoms with Gasteiger partial charge in [0.25, 0.3) is 0 Å². The molecule has 0 atom stereocenters. The predicted octanol–water partition coefficient (Wildman–Crippen LogP) is 3.21. The average Bonchev–Trinajstić information content (AvgIpc) is 2.64. The van der Waals surface area contributed by atoms with Crippen LogP contribution in [0.5, 0.6) is 5.75 Å². The molecule has 0 spiro atoms. The van der Waals surface area contributed by atoms with E-state index < -0.39 is 0 Å². The molecule has 0 bridgehead atoms. The molecule has 0 aliphatic heterocycles. The van der Waals surface area contributed by atoms with Crippen LogP contribution in [0.1, 0.15) is 18.1 Å². The number of carbonyl (C=O) groups is 2. The molecule has 0 aromatic heterocycles. The number of amides is 2. The smallest absolute Gasteiger partial charge is 0.238 e. The van der Waals surface area contributed by atoms with E-state index in [0.29, 0.717) is 18.0 Å². The third-order valence-electron chi connectivity index (χ3n) is 4.33. The molecule has 2 amide bonds. The maximum absolute atomic E-state index is 12.3. The molecule has 27 heavy (non-hydrogen) atoms. The minimum atomic E-state index is -0.177. The summed E-state index contributed by atoms with van der Waals surface area (Å²) in [6, 6.07) is 13.0. The van der Waals surface area contributed by atoms with E-state index in [4.69, 9.17) is 4.74 Å². The van der Waals surface area contributed by atoms with Gasteiger partial charge in [-0.3, -0.25) is 14.5 Å². The van der Waals surface area contributed by atoms with Crippen molar-refractivity contribution in [2.75, 3.05) is 37.4 Å². The SMILES string of the molecule is CCN(CC(=O)Nc1cccc(OC)c1)CC(=O)Nc1ccc(C)c(C)c1. The Bertz CT molecular complexity index is 805. The summed E-state index contributed by atoms with van der Waals surface area (Å²) >= 11 is 0. The van der Waals surface area contributed by atoms with Crippen molar-refractivity contribution in [3.63, 3.8) is 0 Å². The fraction of sp³-hybridized carbons (Fsp3) is 0.333. The van der Waals surface area contributed by atoms with Gasteiger partial charge in [0.1, 0.15) is 5.75 Å². The molecule has 0 saturated heterocycles. The first-order chi connectivity index (χ1) is 12.9. The Kier molecular flexibility index (Phi) is 7.37. The van der Waals surface area contributed by atoms with Gasteiger partial charge in [-0.15, -0.1) is 0 Å². The second kappa shape index (κ2) is 9.73. The Morgan fingerprint density at radius 1 is 0.926 bits per heavy atom. The zero-order chi connectivity index (χ0) is 19.8. The molecule has 6 nitrogen and oxygen atoms in total. The molecule has 0 saturated carbocycles. The van der Waals surface area contributed by atoms with Gasteiger partial charge in [-0.1, -0.05) is 19.1 Å². The van der Waals surface area contributed by atoms with E-state index in [-0.39, 0.29) is 24.9 Å². The maximum Gasteiger partial charge on any atom is 0.238 e. The maximum atomic E-state index is 12.3. The third kappa shape index (κ3) is 6.42. The summed E-state index contributed by atoms with van der Waals surface area (Å²) in [5.41, 5.74) is 3.73. The largest absolute Gasteiger partial charge is 0.497 e. The minimum absolute atomic E-state index is 0.133. The molecule has 0 heterocycles. The summed E-state index contributed by atoms with van der Waals surface area (Å²) in [5.74, 6) is 0.353. The second-order valence-corrected chi connectivity index (χ2v) is 6.43. The minimum Gasteiger partial charge on any atom is -0.497 e. The zero-order valence-corrected chi connectivity index (χ0v) is 16.3. The van der Waals surface area contributed by atoms with Crippen LogP contribution in [0.25, 0.3) is 0 Å². The fourth-order valence-corrected chi connectivity index (χ4v) is 2.61. The highest BCUT2D eigenvalue weighted by Gasteiger charge is 2.14. The van der Waals surface area contributed by atoms with Gasteiger partial charge in [-0.05, 0) is 55.8 Å². The Hall–Kier alpha value is -2.86. The highest BCUT2D eigenvalue weighted by molar-refractivity contribution is 5.94. The van der Waals surface area contributed by atoms with Crippen molar-refractivity contribution in [1.29, 1.82) is 0 Å². The van der Waals surface area contributed by atoms with E-state index in [1.807, 2.05) is 51.1 Å². The summed E-state index contributed by atoms with van der Waals surface area (Å²) < 4.78 is 5.15. The number of nitrogens with one attached hydrogen (secondary N) is 2. The van der Waals surface area contributed by atoms with Crippen LogP contribution in [0.15, 0.2) is 42.5 Å². The quantitative estimate of drug-likeness (QED) is 0.750. The van der Waals surface area contributed by atoms with E-state index >= 15 is 0 Å². The molecule has 2 aromatic carbocycles. The summed E-state index contributed by atoms with van der Waals surface area (Å²) in [6.45, 7) is 6.82. The topological polar surface area (TPSA) is 70.7 Å². The van der Waals surface area contributed by atoms with Crippen molar-refractivity contribution in [2.24, 2.45) is 0 Å². The van der Waals surface area contributed by atoms with E-state index in [1.165, 1.54) is 5.56 Å². The number of aryl methyl sites for hydroxylation is 2. The van der Waals surface area contributed by atoms with E-state index in [2.05, 4.69) is 10.6 Å². The molecule has 0 aliphatic rings. The molecular weight excluding hydrogens is 342 g/mol. The van der Waals surface area contributed by atoms with Gasteiger partial charge in [0.2, 0.25) is 11.8 Å². The van der Waals surface area contributed by atoms with Gasteiger partial charge in [0.15, 0.2) is 0 Å². The highest BCUT2D eigenvalue weighted by Crippen LogP contribution is 2.17. The Balaban J connectivity index is 1.88. The summed E-state index contributed by atoms with van der Waals surface area (Å²) in [6.07, 6.45) is 0. The van der Waals surface area contributed by atoms with Crippen molar-refractivity contribution >= 4 is 23.2 Å². The van der Waals surface area contributed by atoms with Gasteiger partial charge in [0.05, 0.1) is 20.2 Å². The number of anilines is 2. The van der Waals surface area contributed by atoms with E-state index in [9.17, 15) is 9.59 Å². The van der Waals surface area contributed by atoms with E-state index in [0.717, 1.165) is 11.3 Å². The lowest BCUT2D eigenvalue weighted by Crippen LogP contribution is -2.38. The number of benzene rings is 2. The number of methoxy groups -OCH3 is 1. The molecule has 2 rings (SSSR count). The number of likely N-dealkylation sites (N-methyl/N-ethyl adjacent to an activating group) is 1. The second-order valence-electron chi connectivity index (χ2n) is 6.43. The van der Waals surface area contributed by atoms with Gasteiger partial charge in [-0.25, -0.2) is 0 Å². The molecule has 144 valence electrons. The molecule has 0 fully saturated rings. The van der Waals surface area contributed by atoms with Crippen LogP contribution in [0, 0.1) is 13.8 Å². The van der Waals surface area contributed by atoms with Gasteiger partial charge in [0, 0.05) is 17.4 Å². The van der Waals surface area contributed by atoms with Crippen LogP contribution >= 0.6 is 0 Å². The molecule has 6 heteroatoms. The monoisotopic (exact) mass is 369 g/mol. The van der Waals surface area contributed by atoms with Crippen molar-refractivity contribution in [3.8, 4) is 5.75 Å². The van der Waals surface area contributed by atoms with Crippen LogP contribution in [0.2, 0.25) is 0 Å². The van der Waals surface area contributed by atoms with Crippen molar-refractivity contribution in [3.05, 3.63) is 53.6 Å². The summed E-state index contributed by atoms with van der Waals surface area (Å²) in [5, 5.41) is 5.71. The van der Waals surface area contributed by atoms with Gasteiger partial charge >= 0.3 is 0 Å². The van der Waals surface area contributed by atoms with E-state index in [1.54, 1.807) is 24.1 Å². The Labute approximate surface area is 160 Å². The summed E-state index contributed by atoms with van der Waals surface area (Å²) in [7, 11) is 1.58. The lowest BCUT2D eigenvalue weighted by Gasteiger charge is -2.19. The Morgan fingerprint density at radius 2 is 1.56 bits per heavy atom. The average molecular weight is 369 g/mol. The van der Waals surface area contributed by atoms with Gasteiger partial charge in [-0.2, -0.15) is 0 Å². The van der Waals surface area contributed by atoms with Crippen molar-refractivity contribution < 1.29 is 14.3 Å². The van der Waals surface area contributed by atoms with Crippen LogP contribution in [0.4, 0.5) is 11.4 Å². The number of rotatable bonds is 8. The number of hydrogen-bond donors (Lipinski definition) is 2. The normalized spacial score (nSPS) is 10.6. The fourth-order valence-electron chi connectivity index (χ4n) is 2.61. The molecule has 2 aromatic rings. The molecule has 0 unspecified atom stereocenters. The Morgan fingerprint density at radius 3 is 2.11 bits per heavy atom. The van der Waals surface area contributed by atoms with Crippen molar-refractivity contribution in [1.82, 2.24) is 4.90 Å². The highest BCUT2D eigenvalue weighted by atomic mass is 16.5. The van der Waals surface area contributed by atoms with Crippen LogP contribution in [-0.4, -0.2) is 43.5 Å². The van der Waals surface area contributed by atoms with Crippen LogP contribution in [-0.2, 0) is 9.59 Å². The number of carbonyl (C=O) groups excluding carboxylic acids is 2.